The number of halogens is 1. The SMILES string of the molecule is COc1ccc(CC(=O)N2CCCC(CCO)C2)cc1F. The number of aliphatic hydroxyl groups is 1. The van der Waals surface area contributed by atoms with Crippen LogP contribution in [-0.4, -0.2) is 42.7 Å². The Balaban J connectivity index is 1.96. The van der Waals surface area contributed by atoms with Crippen LogP contribution in [-0.2, 0) is 11.2 Å². The van der Waals surface area contributed by atoms with E-state index in [1.54, 1.807) is 12.1 Å². The predicted octanol–water partition coefficient (Wildman–Crippen LogP) is 2.00. The first-order valence-electron chi connectivity index (χ1n) is 7.35. The summed E-state index contributed by atoms with van der Waals surface area (Å²) >= 11 is 0. The summed E-state index contributed by atoms with van der Waals surface area (Å²) in [6.07, 6.45) is 2.96. The van der Waals surface area contributed by atoms with Gasteiger partial charge in [0.1, 0.15) is 0 Å². The number of ether oxygens (including phenoxy) is 1. The van der Waals surface area contributed by atoms with E-state index in [1.165, 1.54) is 13.2 Å². The summed E-state index contributed by atoms with van der Waals surface area (Å²) < 4.78 is 18.5. The fraction of sp³-hybridized carbons (Fsp3) is 0.562. The average Bonchev–Trinajstić information content (AvgIpc) is 2.48. The van der Waals surface area contributed by atoms with Gasteiger partial charge < -0.3 is 14.7 Å². The zero-order chi connectivity index (χ0) is 15.2. The molecule has 5 heteroatoms. The van der Waals surface area contributed by atoms with E-state index in [4.69, 9.17) is 9.84 Å². The van der Waals surface area contributed by atoms with Gasteiger partial charge in [-0.15, -0.1) is 0 Å². The van der Waals surface area contributed by atoms with Crippen molar-refractivity contribution < 1.29 is 19.0 Å². The molecule has 21 heavy (non-hydrogen) atoms. The first-order chi connectivity index (χ1) is 10.1. The van der Waals surface area contributed by atoms with Gasteiger partial charge in [0.15, 0.2) is 11.6 Å². The molecule has 1 heterocycles. The van der Waals surface area contributed by atoms with Crippen molar-refractivity contribution in [3.8, 4) is 5.75 Å². The summed E-state index contributed by atoms with van der Waals surface area (Å²) in [4.78, 5) is 14.1. The number of carbonyl (C=O) groups excluding carboxylic acids is 1. The van der Waals surface area contributed by atoms with E-state index >= 15 is 0 Å². The number of aliphatic hydroxyl groups excluding tert-OH is 1. The Bertz CT molecular complexity index is 490. The molecule has 0 radical (unpaired) electrons. The maximum Gasteiger partial charge on any atom is 0.227 e. The third kappa shape index (κ3) is 4.17. The third-order valence-electron chi connectivity index (χ3n) is 3.98. The Morgan fingerprint density at radius 1 is 1.52 bits per heavy atom. The van der Waals surface area contributed by atoms with Gasteiger partial charge in [0, 0.05) is 19.7 Å². The molecule has 1 aliphatic heterocycles. The van der Waals surface area contributed by atoms with Gasteiger partial charge in [-0.25, -0.2) is 4.39 Å². The lowest BCUT2D eigenvalue weighted by molar-refractivity contribution is -0.132. The molecular weight excluding hydrogens is 273 g/mol. The molecule has 0 bridgehead atoms. The molecule has 1 N–H and O–H groups in total. The predicted molar refractivity (Wildman–Crippen MR) is 77.7 cm³/mol. The van der Waals surface area contributed by atoms with Crippen LogP contribution in [0.4, 0.5) is 4.39 Å². The molecule has 0 aliphatic carbocycles. The van der Waals surface area contributed by atoms with Crippen molar-refractivity contribution in [3.05, 3.63) is 29.6 Å². The number of likely N-dealkylation sites (tertiary alicyclic amines) is 1. The van der Waals surface area contributed by atoms with Crippen molar-refractivity contribution >= 4 is 5.91 Å². The lowest BCUT2D eigenvalue weighted by atomic mass is 9.94. The Morgan fingerprint density at radius 3 is 3.00 bits per heavy atom. The zero-order valence-corrected chi connectivity index (χ0v) is 12.3. The Labute approximate surface area is 124 Å². The number of nitrogens with zero attached hydrogens (tertiary/aromatic N) is 1. The van der Waals surface area contributed by atoms with Crippen molar-refractivity contribution in [3.63, 3.8) is 0 Å². The van der Waals surface area contributed by atoms with E-state index in [9.17, 15) is 9.18 Å². The lowest BCUT2D eigenvalue weighted by Gasteiger charge is -2.32. The quantitative estimate of drug-likeness (QED) is 0.904. The number of hydrogen-bond donors (Lipinski definition) is 1. The van der Waals surface area contributed by atoms with Crippen LogP contribution < -0.4 is 4.74 Å². The van der Waals surface area contributed by atoms with Crippen LogP contribution in [0.2, 0.25) is 0 Å². The van der Waals surface area contributed by atoms with Crippen molar-refractivity contribution in [2.45, 2.75) is 25.7 Å². The Kier molecular flexibility index (Phi) is 5.56. The number of piperidine rings is 1. The normalized spacial score (nSPS) is 18.6. The van der Waals surface area contributed by atoms with Crippen LogP contribution in [0.3, 0.4) is 0 Å². The molecule has 1 unspecified atom stereocenters. The monoisotopic (exact) mass is 295 g/mol. The minimum absolute atomic E-state index is 0.0159. The summed E-state index contributed by atoms with van der Waals surface area (Å²) in [7, 11) is 1.41. The maximum atomic E-state index is 13.6. The van der Waals surface area contributed by atoms with Crippen LogP contribution in [0.1, 0.15) is 24.8 Å². The summed E-state index contributed by atoms with van der Waals surface area (Å²) in [5.74, 6) is 0.134. The highest BCUT2D eigenvalue weighted by atomic mass is 19.1. The molecule has 1 aromatic rings. The molecule has 1 fully saturated rings. The maximum absolute atomic E-state index is 13.6. The highest BCUT2D eigenvalue weighted by molar-refractivity contribution is 5.79. The van der Waals surface area contributed by atoms with Gasteiger partial charge in [0.2, 0.25) is 5.91 Å². The zero-order valence-electron chi connectivity index (χ0n) is 12.3. The number of benzene rings is 1. The highest BCUT2D eigenvalue weighted by Crippen LogP contribution is 2.21. The second-order valence-corrected chi connectivity index (χ2v) is 5.51. The Hall–Kier alpha value is -1.62. The van der Waals surface area contributed by atoms with Crippen LogP contribution in [0, 0.1) is 11.7 Å². The van der Waals surface area contributed by atoms with Gasteiger partial charge in [0.25, 0.3) is 0 Å². The second kappa shape index (κ2) is 7.41. The summed E-state index contributed by atoms with van der Waals surface area (Å²) in [6, 6.07) is 4.61. The minimum Gasteiger partial charge on any atom is -0.494 e. The average molecular weight is 295 g/mol. The molecule has 116 valence electrons. The van der Waals surface area contributed by atoms with Gasteiger partial charge >= 0.3 is 0 Å². The van der Waals surface area contributed by atoms with Crippen molar-refractivity contribution in [2.75, 3.05) is 26.8 Å². The standard InChI is InChI=1S/C16H22FNO3/c1-21-15-5-4-13(9-14(15)17)10-16(20)18-7-2-3-12(11-18)6-8-19/h4-5,9,12,19H,2-3,6-8,10-11H2,1H3. The molecule has 4 nitrogen and oxygen atoms in total. The van der Waals surface area contributed by atoms with Gasteiger partial charge in [-0.3, -0.25) is 4.79 Å². The summed E-state index contributed by atoms with van der Waals surface area (Å²) in [5.41, 5.74) is 0.655. The van der Waals surface area contributed by atoms with E-state index in [1.807, 2.05) is 4.90 Å². The van der Waals surface area contributed by atoms with Crippen LogP contribution in [0.15, 0.2) is 18.2 Å². The molecule has 2 rings (SSSR count). The number of rotatable bonds is 5. The van der Waals surface area contributed by atoms with Gasteiger partial charge in [-0.2, -0.15) is 0 Å². The van der Waals surface area contributed by atoms with E-state index in [0.717, 1.165) is 25.8 Å². The van der Waals surface area contributed by atoms with Gasteiger partial charge in [0.05, 0.1) is 13.5 Å². The van der Waals surface area contributed by atoms with E-state index in [2.05, 4.69) is 0 Å². The van der Waals surface area contributed by atoms with Crippen LogP contribution >= 0.6 is 0 Å². The summed E-state index contributed by atoms with van der Waals surface area (Å²) in [5, 5.41) is 9.00. The van der Waals surface area contributed by atoms with E-state index in [-0.39, 0.29) is 24.7 Å². The molecule has 0 aromatic heterocycles. The number of carbonyl (C=O) groups is 1. The largest absolute Gasteiger partial charge is 0.494 e. The molecule has 0 spiro atoms. The number of hydrogen-bond acceptors (Lipinski definition) is 3. The first-order valence-corrected chi connectivity index (χ1v) is 7.35. The van der Waals surface area contributed by atoms with Crippen molar-refractivity contribution in [1.82, 2.24) is 4.90 Å². The molecule has 0 saturated carbocycles. The van der Waals surface area contributed by atoms with Crippen molar-refractivity contribution in [1.29, 1.82) is 0 Å². The smallest absolute Gasteiger partial charge is 0.227 e. The molecule has 1 aliphatic rings. The highest BCUT2D eigenvalue weighted by Gasteiger charge is 2.23. The molecule has 1 aromatic carbocycles. The first kappa shape index (κ1) is 15.8. The lowest BCUT2D eigenvalue weighted by Crippen LogP contribution is -2.40. The van der Waals surface area contributed by atoms with Crippen LogP contribution in [0.25, 0.3) is 0 Å². The molecular formula is C16H22FNO3. The molecule has 1 amide bonds. The van der Waals surface area contributed by atoms with Gasteiger partial charge in [-0.1, -0.05) is 6.07 Å². The van der Waals surface area contributed by atoms with E-state index < -0.39 is 5.82 Å². The second-order valence-electron chi connectivity index (χ2n) is 5.51. The third-order valence-corrected chi connectivity index (χ3v) is 3.98. The fourth-order valence-electron chi connectivity index (χ4n) is 2.82. The molecule has 1 atom stereocenters. The van der Waals surface area contributed by atoms with Crippen molar-refractivity contribution in [2.24, 2.45) is 5.92 Å². The topological polar surface area (TPSA) is 49.8 Å². The minimum atomic E-state index is -0.445. The van der Waals surface area contributed by atoms with E-state index in [0.29, 0.717) is 18.0 Å². The van der Waals surface area contributed by atoms with Crippen LogP contribution in [0.5, 0.6) is 5.75 Å². The summed E-state index contributed by atoms with van der Waals surface area (Å²) in [6.45, 7) is 1.60. The number of amides is 1. The fourth-order valence-corrected chi connectivity index (χ4v) is 2.82. The van der Waals surface area contributed by atoms with Gasteiger partial charge in [-0.05, 0) is 42.9 Å². The Morgan fingerprint density at radius 2 is 2.33 bits per heavy atom. The molecule has 1 saturated heterocycles. The number of methoxy groups -OCH3 is 1.